The molecule has 1 fully saturated rings. The average molecular weight is 459 g/mol. The molecule has 1 saturated heterocycles. The van der Waals surface area contributed by atoms with Crippen LogP contribution in [0.3, 0.4) is 0 Å². The van der Waals surface area contributed by atoms with Gasteiger partial charge < -0.3 is 15.1 Å². The van der Waals surface area contributed by atoms with Crippen molar-refractivity contribution in [3.8, 4) is 11.3 Å². The summed E-state index contributed by atoms with van der Waals surface area (Å²) in [5, 5.41) is 4.89. The molecule has 2 aromatic rings. The number of allylic oxidation sites excluding steroid dienone is 3. The Morgan fingerprint density at radius 2 is 2.10 bits per heavy atom. The second-order valence-electron chi connectivity index (χ2n) is 7.06. The zero-order chi connectivity index (χ0) is 22.1. The highest BCUT2D eigenvalue weighted by molar-refractivity contribution is 7.80. The molecule has 1 aliphatic rings. The lowest BCUT2D eigenvalue weighted by Crippen LogP contribution is -2.46. The fraction of sp³-hybridized carbons (Fsp3) is 0.318. The van der Waals surface area contributed by atoms with Gasteiger partial charge in [-0.2, -0.15) is 5.10 Å². The number of pyridine rings is 1. The van der Waals surface area contributed by atoms with Crippen LogP contribution in [-0.2, 0) is 0 Å². The van der Waals surface area contributed by atoms with Crippen molar-refractivity contribution in [1.82, 2.24) is 15.3 Å². The summed E-state index contributed by atoms with van der Waals surface area (Å²) in [5.41, 5.74) is 8.74. The third-order valence-corrected chi connectivity index (χ3v) is 5.26. The lowest BCUT2D eigenvalue weighted by atomic mass is 10.2. The molecule has 0 atom stereocenters. The van der Waals surface area contributed by atoms with Crippen LogP contribution in [0, 0.1) is 0 Å². The van der Waals surface area contributed by atoms with Crippen LogP contribution in [0.5, 0.6) is 0 Å². The molecule has 9 heteroatoms. The van der Waals surface area contributed by atoms with E-state index in [9.17, 15) is 0 Å². The molecule has 0 spiro atoms. The van der Waals surface area contributed by atoms with E-state index in [0.29, 0.717) is 5.76 Å². The minimum atomic E-state index is 0.105. The van der Waals surface area contributed by atoms with E-state index in [2.05, 4.69) is 25.3 Å². The molecule has 0 aliphatic carbocycles. The van der Waals surface area contributed by atoms with Gasteiger partial charge >= 0.3 is 0 Å². The zero-order valence-electron chi connectivity index (χ0n) is 17.5. The Bertz CT molecular complexity index is 945. The van der Waals surface area contributed by atoms with Gasteiger partial charge in [0.15, 0.2) is 5.11 Å². The highest BCUT2D eigenvalue weighted by Crippen LogP contribution is 2.23. The number of nitrogens with two attached hydrogens (primary N) is 1. The minimum Gasteiger partial charge on any atom is -0.455 e. The zero-order valence-corrected chi connectivity index (χ0v) is 19.1. The first-order valence-electron chi connectivity index (χ1n) is 10.1. The SMILES string of the molecule is C/C=C\C=C(\Cl)CCN1CCN(c2ccc(-c3ccc(/C=N/NC(N)=S)o3)cn2)CC1. The van der Waals surface area contributed by atoms with Gasteiger partial charge in [-0.1, -0.05) is 23.8 Å². The maximum absolute atomic E-state index is 6.24. The number of thiocarbonyl (C=S) groups is 1. The van der Waals surface area contributed by atoms with Crippen LogP contribution in [0.4, 0.5) is 5.82 Å². The second kappa shape index (κ2) is 11.6. The van der Waals surface area contributed by atoms with E-state index in [1.54, 1.807) is 0 Å². The third-order valence-electron chi connectivity index (χ3n) is 4.86. The maximum atomic E-state index is 6.24. The normalized spacial score (nSPS) is 15.8. The van der Waals surface area contributed by atoms with Gasteiger partial charge in [-0.05, 0) is 55.9 Å². The molecule has 0 amide bonds. The van der Waals surface area contributed by atoms with E-state index in [1.165, 1.54) is 6.21 Å². The summed E-state index contributed by atoms with van der Waals surface area (Å²) in [6.07, 6.45) is 10.2. The van der Waals surface area contributed by atoms with Crippen molar-refractivity contribution in [3.05, 3.63) is 59.5 Å². The highest BCUT2D eigenvalue weighted by Gasteiger charge is 2.18. The maximum Gasteiger partial charge on any atom is 0.184 e. The molecule has 0 unspecified atom stereocenters. The Kier molecular flexibility index (Phi) is 8.63. The van der Waals surface area contributed by atoms with Crippen molar-refractivity contribution in [3.63, 3.8) is 0 Å². The van der Waals surface area contributed by atoms with E-state index in [1.807, 2.05) is 55.6 Å². The number of hydrogen-bond donors (Lipinski definition) is 2. The van der Waals surface area contributed by atoms with Gasteiger partial charge in [0, 0.05) is 49.5 Å². The predicted octanol–water partition coefficient (Wildman–Crippen LogP) is 3.72. The summed E-state index contributed by atoms with van der Waals surface area (Å²) >= 11 is 10.9. The standard InChI is InChI=1S/C22H27ClN6OS/c1-2-3-4-18(23)9-10-28-11-13-29(14-12-28)21-8-5-17(15-25-21)20-7-6-19(30-20)16-26-27-22(24)31/h2-8,15-16H,9-14H2,1H3,(H3,24,27,31)/b3-2-,18-4+,26-16+. The van der Waals surface area contributed by atoms with E-state index in [0.717, 1.165) is 61.3 Å². The molecule has 7 nitrogen and oxygen atoms in total. The Hall–Kier alpha value is -2.68. The fourth-order valence-corrected chi connectivity index (χ4v) is 3.42. The highest BCUT2D eigenvalue weighted by atomic mass is 35.5. The summed E-state index contributed by atoms with van der Waals surface area (Å²) in [6.45, 7) is 6.85. The molecule has 31 heavy (non-hydrogen) atoms. The lowest BCUT2D eigenvalue weighted by molar-refractivity contribution is 0.261. The molecule has 0 bridgehead atoms. The molecular formula is C22H27ClN6OS. The topological polar surface area (TPSA) is 82.9 Å². The number of nitrogens with one attached hydrogen (secondary N) is 1. The summed E-state index contributed by atoms with van der Waals surface area (Å²) in [5.74, 6) is 2.30. The van der Waals surface area contributed by atoms with E-state index >= 15 is 0 Å². The minimum absolute atomic E-state index is 0.105. The Morgan fingerprint density at radius 1 is 1.29 bits per heavy atom. The summed E-state index contributed by atoms with van der Waals surface area (Å²) in [7, 11) is 0. The van der Waals surface area contributed by atoms with Crippen molar-refractivity contribution < 1.29 is 4.42 Å². The first-order valence-corrected chi connectivity index (χ1v) is 10.9. The van der Waals surface area contributed by atoms with Crippen LogP contribution in [0.2, 0.25) is 0 Å². The molecule has 3 rings (SSSR count). The summed E-state index contributed by atoms with van der Waals surface area (Å²) in [4.78, 5) is 9.38. The predicted molar refractivity (Wildman–Crippen MR) is 131 cm³/mol. The smallest absolute Gasteiger partial charge is 0.184 e. The first-order chi connectivity index (χ1) is 15.0. The van der Waals surface area contributed by atoms with Crippen molar-refractivity contribution in [1.29, 1.82) is 0 Å². The number of nitrogens with zero attached hydrogens (tertiary/aromatic N) is 4. The van der Waals surface area contributed by atoms with Gasteiger partial charge in [0.2, 0.25) is 0 Å². The van der Waals surface area contributed by atoms with Crippen molar-refractivity contribution in [2.75, 3.05) is 37.6 Å². The number of piperazine rings is 1. The Balaban J connectivity index is 1.50. The molecule has 0 radical (unpaired) electrons. The van der Waals surface area contributed by atoms with Gasteiger partial charge in [0.05, 0.1) is 6.21 Å². The first kappa shape index (κ1) is 23.0. The van der Waals surface area contributed by atoms with Crippen LogP contribution >= 0.6 is 23.8 Å². The number of rotatable bonds is 8. The molecule has 3 N–H and O–H groups in total. The van der Waals surface area contributed by atoms with Gasteiger partial charge in [-0.25, -0.2) is 4.98 Å². The van der Waals surface area contributed by atoms with Crippen LogP contribution < -0.4 is 16.1 Å². The second-order valence-corrected chi connectivity index (χ2v) is 7.98. The summed E-state index contributed by atoms with van der Waals surface area (Å²) < 4.78 is 5.77. The third kappa shape index (κ3) is 7.20. The lowest BCUT2D eigenvalue weighted by Gasteiger charge is -2.35. The van der Waals surface area contributed by atoms with E-state index < -0.39 is 0 Å². The van der Waals surface area contributed by atoms with Crippen LogP contribution in [0.15, 0.2) is 63.2 Å². The van der Waals surface area contributed by atoms with Gasteiger partial charge in [0.1, 0.15) is 17.3 Å². The van der Waals surface area contributed by atoms with Gasteiger partial charge in [-0.15, -0.1) is 0 Å². The van der Waals surface area contributed by atoms with Crippen LogP contribution in [-0.4, -0.2) is 53.9 Å². The molecule has 164 valence electrons. The molecule has 1 aliphatic heterocycles. The number of halogens is 1. The largest absolute Gasteiger partial charge is 0.455 e. The Morgan fingerprint density at radius 3 is 2.77 bits per heavy atom. The van der Waals surface area contributed by atoms with Crippen molar-refractivity contribution in [2.24, 2.45) is 10.8 Å². The quantitative estimate of drug-likeness (QED) is 0.270. The number of anilines is 1. The fourth-order valence-electron chi connectivity index (χ4n) is 3.21. The number of hydrogen-bond acceptors (Lipinski definition) is 6. The van der Waals surface area contributed by atoms with Crippen molar-refractivity contribution >= 4 is 41.0 Å². The van der Waals surface area contributed by atoms with E-state index in [4.69, 9.17) is 34.0 Å². The molecule has 0 saturated carbocycles. The van der Waals surface area contributed by atoms with Gasteiger partial charge in [-0.3, -0.25) is 10.3 Å². The molecule has 2 aromatic heterocycles. The monoisotopic (exact) mass is 458 g/mol. The van der Waals surface area contributed by atoms with Crippen LogP contribution in [0.25, 0.3) is 11.3 Å². The Labute approximate surface area is 193 Å². The average Bonchev–Trinajstić information content (AvgIpc) is 3.25. The number of furan rings is 1. The van der Waals surface area contributed by atoms with E-state index in [-0.39, 0.29) is 5.11 Å². The molecular weight excluding hydrogens is 432 g/mol. The molecule has 0 aromatic carbocycles. The van der Waals surface area contributed by atoms with Crippen molar-refractivity contribution in [2.45, 2.75) is 13.3 Å². The number of hydrazone groups is 1. The molecule has 3 heterocycles. The summed E-state index contributed by atoms with van der Waals surface area (Å²) in [6, 6.07) is 7.76. The van der Waals surface area contributed by atoms with Crippen LogP contribution in [0.1, 0.15) is 19.1 Å². The number of aromatic nitrogens is 1. The van der Waals surface area contributed by atoms with Gasteiger partial charge in [0.25, 0.3) is 0 Å².